The first-order chi connectivity index (χ1) is 6.63. The average Bonchev–Trinajstić information content (AvgIpc) is 2.13. The van der Waals surface area contributed by atoms with Gasteiger partial charge in [0.25, 0.3) is 0 Å². The molecule has 0 aliphatic rings. The van der Waals surface area contributed by atoms with E-state index >= 15 is 0 Å². The highest BCUT2D eigenvalue weighted by Crippen LogP contribution is 2.24. The third-order valence-electron chi connectivity index (χ3n) is 3.52. The largest absolute Gasteiger partial charge is 0.354 e. The number of carbonyl (C=O) groups excluding carboxylic acids is 1. The first-order valence-electron chi connectivity index (χ1n) is 5.70. The fourth-order valence-electron chi connectivity index (χ4n) is 0.875. The van der Waals surface area contributed by atoms with E-state index in [1.54, 1.807) is 6.92 Å². The van der Waals surface area contributed by atoms with Gasteiger partial charge >= 0.3 is 0 Å². The van der Waals surface area contributed by atoms with Gasteiger partial charge in [0.15, 0.2) is 0 Å². The maximum atomic E-state index is 11.7. The van der Waals surface area contributed by atoms with Crippen molar-refractivity contribution in [3.8, 4) is 0 Å². The molecule has 0 aromatic carbocycles. The lowest BCUT2D eigenvalue weighted by Crippen LogP contribution is -2.53. The lowest BCUT2D eigenvalue weighted by molar-refractivity contribution is -0.126. The molecular weight excluding hydrogens is 188 g/mol. The normalized spacial score (nSPS) is 16.3. The zero-order valence-electron chi connectivity index (χ0n) is 11.0. The Hall–Kier alpha value is -0.570. The van der Waals surface area contributed by atoms with Crippen LogP contribution in [0, 0.1) is 11.3 Å². The third kappa shape index (κ3) is 4.20. The molecule has 90 valence electrons. The van der Waals surface area contributed by atoms with Crippen LogP contribution in [0.15, 0.2) is 0 Å². The van der Waals surface area contributed by atoms with Crippen molar-refractivity contribution >= 4 is 5.91 Å². The van der Waals surface area contributed by atoms with Gasteiger partial charge in [-0.15, -0.1) is 0 Å². The minimum Gasteiger partial charge on any atom is -0.354 e. The smallest absolute Gasteiger partial charge is 0.239 e. The van der Waals surface area contributed by atoms with Crippen LogP contribution in [0.4, 0.5) is 0 Å². The van der Waals surface area contributed by atoms with Gasteiger partial charge in [-0.3, -0.25) is 4.79 Å². The number of hydrogen-bond donors (Lipinski definition) is 2. The summed E-state index contributed by atoms with van der Waals surface area (Å²) in [5.74, 6) is 0.474. The Morgan fingerprint density at radius 1 is 1.33 bits per heavy atom. The quantitative estimate of drug-likeness (QED) is 0.734. The molecule has 0 aliphatic heterocycles. The van der Waals surface area contributed by atoms with E-state index in [1.165, 1.54) is 0 Å². The van der Waals surface area contributed by atoms with Crippen LogP contribution in [0.2, 0.25) is 0 Å². The highest BCUT2D eigenvalue weighted by atomic mass is 16.2. The van der Waals surface area contributed by atoms with Crippen molar-refractivity contribution in [3.63, 3.8) is 0 Å². The molecule has 0 aromatic heterocycles. The summed E-state index contributed by atoms with van der Waals surface area (Å²) in [4.78, 5) is 11.7. The summed E-state index contributed by atoms with van der Waals surface area (Å²) in [7, 11) is 0. The number of hydrogen-bond acceptors (Lipinski definition) is 2. The van der Waals surface area contributed by atoms with Crippen LogP contribution in [0.1, 0.15) is 48.0 Å². The maximum Gasteiger partial charge on any atom is 0.239 e. The van der Waals surface area contributed by atoms with Crippen molar-refractivity contribution in [1.29, 1.82) is 0 Å². The van der Waals surface area contributed by atoms with Crippen molar-refractivity contribution < 1.29 is 4.79 Å². The van der Waals surface area contributed by atoms with Crippen LogP contribution in [0.5, 0.6) is 0 Å². The molecule has 0 heterocycles. The Kier molecular flexibility index (Phi) is 4.78. The lowest BCUT2D eigenvalue weighted by atomic mass is 9.81. The van der Waals surface area contributed by atoms with E-state index in [1.807, 2.05) is 6.92 Å². The van der Waals surface area contributed by atoms with E-state index in [9.17, 15) is 4.79 Å². The van der Waals surface area contributed by atoms with Crippen molar-refractivity contribution in [3.05, 3.63) is 0 Å². The predicted molar refractivity (Wildman–Crippen MR) is 64.5 cm³/mol. The fourth-order valence-corrected chi connectivity index (χ4v) is 0.875. The highest BCUT2D eigenvalue weighted by Gasteiger charge is 2.29. The first-order valence-corrected chi connectivity index (χ1v) is 5.70. The van der Waals surface area contributed by atoms with Gasteiger partial charge in [-0.25, -0.2) is 0 Å². The number of carbonyl (C=O) groups is 1. The molecule has 15 heavy (non-hydrogen) atoms. The predicted octanol–water partition coefficient (Wildman–Crippen LogP) is 1.91. The van der Waals surface area contributed by atoms with Crippen molar-refractivity contribution in [2.45, 2.75) is 53.5 Å². The van der Waals surface area contributed by atoms with Crippen molar-refractivity contribution in [1.82, 2.24) is 5.32 Å². The molecule has 3 heteroatoms. The molecule has 1 amide bonds. The molecule has 0 rings (SSSR count). The molecule has 0 aliphatic carbocycles. The van der Waals surface area contributed by atoms with Crippen LogP contribution < -0.4 is 11.1 Å². The number of amides is 1. The van der Waals surface area contributed by atoms with E-state index in [2.05, 4.69) is 33.0 Å². The summed E-state index contributed by atoms with van der Waals surface area (Å²) in [5, 5.41) is 2.93. The Bertz CT molecular complexity index is 220. The van der Waals surface area contributed by atoms with Crippen molar-refractivity contribution in [2.24, 2.45) is 17.1 Å². The van der Waals surface area contributed by atoms with Gasteiger partial charge in [0.1, 0.15) is 0 Å². The molecule has 0 fully saturated rings. The van der Waals surface area contributed by atoms with Gasteiger partial charge in [0, 0.05) is 6.54 Å². The molecule has 3 N–H and O–H groups in total. The van der Waals surface area contributed by atoms with Crippen molar-refractivity contribution in [2.75, 3.05) is 6.54 Å². The van der Waals surface area contributed by atoms with Gasteiger partial charge in [0.2, 0.25) is 5.91 Å². The maximum absolute atomic E-state index is 11.7. The second kappa shape index (κ2) is 4.97. The minimum atomic E-state index is -0.743. The zero-order valence-corrected chi connectivity index (χ0v) is 11.0. The Labute approximate surface area is 93.8 Å². The minimum absolute atomic E-state index is 0.0567. The monoisotopic (exact) mass is 214 g/mol. The number of rotatable bonds is 5. The second-order valence-corrected chi connectivity index (χ2v) is 5.60. The van der Waals surface area contributed by atoms with Crippen LogP contribution in [-0.2, 0) is 4.79 Å². The van der Waals surface area contributed by atoms with Gasteiger partial charge in [0.05, 0.1) is 5.54 Å². The average molecular weight is 214 g/mol. The third-order valence-corrected chi connectivity index (χ3v) is 3.52. The summed E-state index contributed by atoms with van der Waals surface area (Å²) < 4.78 is 0. The molecule has 1 unspecified atom stereocenters. The summed E-state index contributed by atoms with van der Waals surface area (Å²) in [5.41, 5.74) is 5.22. The summed E-state index contributed by atoms with van der Waals surface area (Å²) in [6.45, 7) is 13.0. The molecular formula is C12H26N2O. The summed E-state index contributed by atoms with van der Waals surface area (Å²) in [6, 6.07) is 0. The molecule has 0 bridgehead atoms. The van der Waals surface area contributed by atoms with Gasteiger partial charge in [-0.1, -0.05) is 34.6 Å². The summed E-state index contributed by atoms with van der Waals surface area (Å²) in [6.07, 6.45) is 0.654. The molecule has 0 saturated carbocycles. The molecule has 1 atom stereocenters. The number of nitrogens with two attached hydrogens (primary N) is 1. The molecule has 0 saturated heterocycles. The van der Waals surface area contributed by atoms with Crippen LogP contribution in [0.25, 0.3) is 0 Å². The second-order valence-electron chi connectivity index (χ2n) is 5.60. The van der Waals surface area contributed by atoms with Gasteiger partial charge < -0.3 is 11.1 Å². The molecule has 0 radical (unpaired) electrons. The lowest BCUT2D eigenvalue weighted by Gasteiger charge is -2.31. The topological polar surface area (TPSA) is 55.1 Å². The molecule has 3 nitrogen and oxygen atoms in total. The Morgan fingerprint density at radius 2 is 1.80 bits per heavy atom. The van der Waals surface area contributed by atoms with Gasteiger partial charge in [-0.2, -0.15) is 0 Å². The van der Waals surface area contributed by atoms with Gasteiger partial charge in [-0.05, 0) is 24.7 Å². The Balaban J connectivity index is 4.24. The van der Waals surface area contributed by atoms with Crippen LogP contribution in [-0.4, -0.2) is 18.0 Å². The molecule has 0 aromatic rings. The SMILES string of the molecule is CCC(C)(N)C(=O)NCC(C)(C)C(C)C. The van der Waals surface area contributed by atoms with E-state index in [0.29, 0.717) is 18.9 Å². The standard InChI is InChI=1S/C12H26N2O/c1-7-12(6,13)10(15)14-8-11(4,5)9(2)3/h9H,7-8,13H2,1-6H3,(H,14,15). The zero-order chi connectivity index (χ0) is 12.3. The van der Waals surface area contributed by atoms with E-state index < -0.39 is 5.54 Å². The molecule has 0 spiro atoms. The summed E-state index contributed by atoms with van der Waals surface area (Å²) >= 11 is 0. The van der Waals surface area contributed by atoms with E-state index in [-0.39, 0.29) is 11.3 Å². The van der Waals surface area contributed by atoms with E-state index in [0.717, 1.165) is 0 Å². The van der Waals surface area contributed by atoms with Crippen LogP contribution in [0.3, 0.4) is 0 Å². The fraction of sp³-hybridized carbons (Fsp3) is 0.917. The first kappa shape index (κ1) is 14.4. The number of nitrogens with one attached hydrogen (secondary N) is 1. The van der Waals surface area contributed by atoms with Crippen LogP contribution >= 0.6 is 0 Å². The Morgan fingerprint density at radius 3 is 2.13 bits per heavy atom. The van der Waals surface area contributed by atoms with E-state index in [4.69, 9.17) is 5.73 Å². The highest BCUT2D eigenvalue weighted by molar-refractivity contribution is 5.85.